The fourth-order valence-corrected chi connectivity index (χ4v) is 1.92. The highest BCUT2D eigenvalue weighted by molar-refractivity contribution is 7.85. The van der Waals surface area contributed by atoms with Gasteiger partial charge in [-0.3, -0.25) is 4.18 Å². The van der Waals surface area contributed by atoms with Crippen molar-refractivity contribution < 1.29 is 35.7 Å². The van der Waals surface area contributed by atoms with Gasteiger partial charge in [-0.05, 0) is 31.3 Å². The van der Waals surface area contributed by atoms with Gasteiger partial charge in [0.15, 0.2) is 0 Å². The van der Waals surface area contributed by atoms with Crippen LogP contribution in [0.4, 0.5) is 13.2 Å². The van der Waals surface area contributed by atoms with Crippen LogP contribution in [0.25, 0.3) is 0 Å². The van der Waals surface area contributed by atoms with E-state index in [1.807, 2.05) is 0 Å². The topological polar surface area (TPSA) is 92.7 Å². The molecule has 1 fully saturated rings. The molecule has 120 valence electrons. The highest BCUT2D eigenvalue weighted by Crippen LogP contribution is 2.28. The molecule has 0 saturated carbocycles. The smallest absolute Gasteiger partial charge is 0.475 e. The average molecular weight is 321 g/mol. The maximum absolute atomic E-state index is 10.8. The Morgan fingerprint density at radius 3 is 2.05 bits per heavy atom. The Hall–Kier alpha value is -0.870. The van der Waals surface area contributed by atoms with Crippen molar-refractivity contribution in [1.82, 2.24) is 5.32 Å². The minimum atomic E-state index is -5.08. The van der Waals surface area contributed by atoms with Gasteiger partial charge in [0, 0.05) is 0 Å². The Kier molecular flexibility index (Phi) is 6.91. The molecule has 0 atom stereocenters. The number of hydrogen-bond acceptors (Lipinski definition) is 5. The van der Waals surface area contributed by atoms with Crippen LogP contribution in [-0.4, -0.2) is 51.6 Å². The molecule has 1 aliphatic heterocycles. The Bertz CT molecular complexity index is 415. The number of carbonyl (C=O) groups is 1. The summed E-state index contributed by atoms with van der Waals surface area (Å²) in [6.45, 7) is 4.28. The van der Waals surface area contributed by atoms with Gasteiger partial charge in [0.25, 0.3) is 10.1 Å². The number of piperidine rings is 1. The van der Waals surface area contributed by atoms with Crippen molar-refractivity contribution in [3.63, 3.8) is 0 Å². The summed E-state index contributed by atoms with van der Waals surface area (Å²) >= 11 is 0. The molecule has 20 heavy (non-hydrogen) atoms. The number of nitrogens with one attached hydrogen (secondary N) is 1. The van der Waals surface area contributed by atoms with Crippen LogP contribution in [0.3, 0.4) is 0 Å². The normalized spacial score (nSPS) is 18.9. The number of aliphatic carboxylic acids is 1. The summed E-state index contributed by atoms with van der Waals surface area (Å²) in [6.07, 6.45) is -2.04. The van der Waals surface area contributed by atoms with Gasteiger partial charge in [0.05, 0.1) is 12.9 Å². The molecule has 0 spiro atoms. The van der Waals surface area contributed by atoms with E-state index in [-0.39, 0.29) is 5.41 Å². The lowest BCUT2D eigenvalue weighted by atomic mass is 9.82. The van der Waals surface area contributed by atoms with Crippen molar-refractivity contribution >= 4 is 16.1 Å². The van der Waals surface area contributed by atoms with E-state index >= 15 is 0 Å². The quantitative estimate of drug-likeness (QED) is 0.753. The van der Waals surface area contributed by atoms with Crippen molar-refractivity contribution in [3.05, 3.63) is 0 Å². The van der Waals surface area contributed by atoms with Crippen molar-refractivity contribution in [2.75, 3.05) is 26.0 Å². The summed E-state index contributed by atoms with van der Waals surface area (Å²) in [7, 11) is -3.28. The van der Waals surface area contributed by atoms with Crippen LogP contribution in [0, 0.1) is 5.41 Å². The van der Waals surface area contributed by atoms with E-state index in [4.69, 9.17) is 14.1 Å². The first-order valence-electron chi connectivity index (χ1n) is 5.71. The molecule has 1 heterocycles. The predicted molar refractivity (Wildman–Crippen MR) is 64.7 cm³/mol. The maximum atomic E-state index is 10.8. The molecule has 1 rings (SSSR count). The second kappa shape index (κ2) is 7.23. The van der Waals surface area contributed by atoms with Gasteiger partial charge < -0.3 is 10.4 Å². The largest absolute Gasteiger partial charge is 0.490 e. The molecule has 10 heteroatoms. The van der Waals surface area contributed by atoms with E-state index in [9.17, 15) is 21.6 Å². The van der Waals surface area contributed by atoms with Gasteiger partial charge >= 0.3 is 12.1 Å². The van der Waals surface area contributed by atoms with Crippen molar-refractivity contribution in [3.8, 4) is 0 Å². The van der Waals surface area contributed by atoms with Crippen molar-refractivity contribution in [1.29, 1.82) is 0 Å². The summed E-state index contributed by atoms with van der Waals surface area (Å²) in [6, 6.07) is 0. The first-order chi connectivity index (χ1) is 8.86. The molecule has 0 aromatic carbocycles. The molecule has 0 aromatic heterocycles. The van der Waals surface area contributed by atoms with Crippen molar-refractivity contribution in [2.45, 2.75) is 25.9 Å². The molecule has 0 aromatic rings. The Labute approximate surface area is 115 Å². The Morgan fingerprint density at radius 2 is 1.75 bits per heavy atom. The number of halogens is 3. The van der Waals surface area contributed by atoms with Gasteiger partial charge in [-0.15, -0.1) is 0 Å². The van der Waals surface area contributed by atoms with Crippen LogP contribution in [0.1, 0.15) is 19.8 Å². The Morgan fingerprint density at radius 1 is 1.35 bits per heavy atom. The van der Waals surface area contributed by atoms with E-state index in [1.165, 1.54) is 0 Å². The van der Waals surface area contributed by atoms with E-state index < -0.39 is 22.3 Å². The summed E-state index contributed by atoms with van der Waals surface area (Å²) < 4.78 is 58.1. The zero-order valence-corrected chi connectivity index (χ0v) is 12.0. The number of hydrogen-bond donors (Lipinski definition) is 2. The first-order valence-corrected chi connectivity index (χ1v) is 7.53. The Balaban J connectivity index is 0.000000441. The second-order valence-electron chi connectivity index (χ2n) is 4.83. The number of carboxylic acid groups (broad SMARTS) is 1. The minimum absolute atomic E-state index is 0.0222. The third-order valence-corrected chi connectivity index (χ3v) is 3.22. The molecule has 1 aliphatic rings. The van der Waals surface area contributed by atoms with Gasteiger partial charge in [-0.1, -0.05) is 6.92 Å². The monoisotopic (exact) mass is 321 g/mol. The van der Waals surface area contributed by atoms with Gasteiger partial charge in [0.2, 0.25) is 0 Å². The fraction of sp³-hybridized carbons (Fsp3) is 0.900. The van der Waals surface area contributed by atoms with E-state index in [2.05, 4.69) is 12.2 Å². The third-order valence-electron chi connectivity index (χ3n) is 2.67. The van der Waals surface area contributed by atoms with Gasteiger partial charge in [-0.25, -0.2) is 4.79 Å². The number of alkyl halides is 3. The lowest BCUT2D eigenvalue weighted by Crippen LogP contribution is -2.38. The van der Waals surface area contributed by atoms with Crippen LogP contribution >= 0.6 is 0 Å². The molecule has 0 radical (unpaired) electrons. The van der Waals surface area contributed by atoms with Crippen LogP contribution in [-0.2, 0) is 19.1 Å². The summed E-state index contributed by atoms with van der Waals surface area (Å²) in [5.74, 6) is -2.76. The number of rotatable bonds is 3. The van der Waals surface area contributed by atoms with Crippen LogP contribution in [0.15, 0.2) is 0 Å². The first kappa shape index (κ1) is 19.1. The molecule has 0 unspecified atom stereocenters. The summed E-state index contributed by atoms with van der Waals surface area (Å²) in [5.41, 5.74) is 0.0222. The minimum Gasteiger partial charge on any atom is -0.475 e. The summed E-state index contributed by atoms with van der Waals surface area (Å²) in [5, 5.41) is 10.4. The molecule has 0 amide bonds. The maximum Gasteiger partial charge on any atom is 0.490 e. The predicted octanol–water partition coefficient (Wildman–Crippen LogP) is 0.986. The lowest BCUT2D eigenvalue weighted by Gasteiger charge is -2.33. The fourth-order valence-electron chi connectivity index (χ4n) is 1.42. The highest BCUT2D eigenvalue weighted by Gasteiger charge is 2.38. The molecule has 6 nitrogen and oxygen atoms in total. The van der Waals surface area contributed by atoms with Crippen LogP contribution < -0.4 is 5.32 Å². The van der Waals surface area contributed by atoms with Crippen LogP contribution in [0.5, 0.6) is 0 Å². The van der Waals surface area contributed by atoms with E-state index in [0.29, 0.717) is 6.61 Å². The molecule has 2 N–H and O–H groups in total. The highest BCUT2D eigenvalue weighted by atomic mass is 32.2. The number of carboxylic acids is 1. The SMILES string of the molecule is CC1(COS(C)(=O)=O)CCNCC1.O=C(O)C(F)(F)F. The summed E-state index contributed by atoms with van der Waals surface area (Å²) in [4.78, 5) is 8.90. The molecular formula is C10H18F3NO5S. The van der Waals surface area contributed by atoms with E-state index in [1.54, 1.807) is 0 Å². The molecule has 0 bridgehead atoms. The van der Waals surface area contributed by atoms with Gasteiger partial charge in [-0.2, -0.15) is 21.6 Å². The zero-order chi connectivity index (χ0) is 16.0. The van der Waals surface area contributed by atoms with Crippen LogP contribution in [0.2, 0.25) is 0 Å². The van der Waals surface area contributed by atoms with Crippen molar-refractivity contribution in [2.24, 2.45) is 5.41 Å². The van der Waals surface area contributed by atoms with E-state index in [0.717, 1.165) is 32.2 Å². The molecule has 1 saturated heterocycles. The standard InChI is InChI=1S/C8H17NO3S.C2HF3O2/c1-8(3-5-9-6-4-8)7-12-13(2,10)11;3-2(4,5)1(6)7/h9H,3-7H2,1-2H3;(H,6,7). The third kappa shape index (κ3) is 9.10. The average Bonchev–Trinajstić information content (AvgIpc) is 2.26. The second-order valence-corrected chi connectivity index (χ2v) is 6.47. The zero-order valence-electron chi connectivity index (χ0n) is 11.2. The molecule has 0 aliphatic carbocycles. The lowest BCUT2D eigenvalue weighted by molar-refractivity contribution is -0.192. The molecular weight excluding hydrogens is 303 g/mol. The van der Waals surface area contributed by atoms with Gasteiger partial charge in [0.1, 0.15) is 0 Å².